The molecule has 0 atom stereocenters. The molecule has 0 bridgehead atoms. The number of hydroxylamine groups is 1. The summed E-state index contributed by atoms with van der Waals surface area (Å²) in [4.78, 5) is 21.7. The van der Waals surface area contributed by atoms with Gasteiger partial charge in [0.15, 0.2) is 5.71 Å². The monoisotopic (exact) mass is 373 g/mol. The van der Waals surface area contributed by atoms with Crippen molar-refractivity contribution in [3.05, 3.63) is 70.5 Å². The maximum Gasteiger partial charge on any atom is 0.297 e. The number of amides is 1. The summed E-state index contributed by atoms with van der Waals surface area (Å²) in [6.45, 7) is 3.65. The number of nitrogens with zero attached hydrogens (tertiary/aromatic N) is 2. The molecular weight excluding hydrogens is 353 g/mol. The molecule has 7 nitrogen and oxygen atoms in total. The Morgan fingerprint density at radius 3 is 2.63 bits per heavy atom. The number of hydrogen-bond acceptors (Lipinski definition) is 6. The molecule has 2 aromatic carbocycles. The summed E-state index contributed by atoms with van der Waals surface area (Å²) in [5.74, 6) is -1.72. The first-order valence-electron chi connectivity index (χ1n) is 8.04. The van der Waals surface area contributed by atoms with E-state index < -0.39 is 17.4 Å². The van der Waals surface area contributed by atoms with Crippen LogP contribution in [0.2, 0.25) is 0 Å². The Kier molecular flexibility index (Phi) is 7.01. The zero-order valence-corrected chi connectivity index (χ0v) is 15.2. The second-order valence-corrected chi connectivity index (χ2v) is 5.66. The van der Waals surface area contributed by atoms with Gasteiger partial charge in [0.2, 0.25) is 0 Å². The van der Waals surface area contributed by atoms with E-state index >= 15 is 0 Å². The van der Waals surface area contributed by atoms with E-state index in [1.807, 2.05) is 31.2 Å². The van der Waals surface area contributed by atoms with Gasteiger partial charge >= 0.3 is 0 Å². The van der Waals surface area contributed by atoms with E-state index in [4.69, 9.17) is 10.0 Å². The van der Waals surface area contributed by atoms with Crippen LogP contribution < -0.4 is 5.48 Å². The molecule has 2 N–H and O–H groups in total. The van der Waals surface area contributed by atoms with Crippen LogP contribution in [0.5, 0.6) is 0 Å². The number of nitrogens with one attached hydrogen (secondary N) is 1. The number of carbonyl (C=O) groups is 1. The lowest BCUT2D eigenvalue weighted by atomic mass is 10.0. The molecule has 0 heterocycles. The van der Waals surface area contributed by atoms with E-state index in [9.17, 15) is 9.18 Å². The largest absolute Gasteiger partial charge is 0.398 e. The third-order valence-corrected chi connectivity index (χ3v) is 3.69. The number of oxime groups is 2. The van der Waals surface area contributed by atoms with Crippen molar-refractivity contribution < 1.29 is 24.1 Å². The fourth-order valence-corrected chi connectivity index (χ4v) is 2.42. The van der Waals surface area contributed by atoms with E-state index in [1.54, 1.807) is 13.0 Å². The molecule has 0 saturated heterocycles. The van der Waals surface area contributed by atoms with Crippen molar-refractivity contribution in [2.75, 3.05) is 7.11 Å². The minimum atomic E-state index is -1.01. The average Bonchev–Trinajstić information content (AvgIpc) is 2.66. The highest BCUT2D eigenvalue weighted by atomic mass is 19.1. The van der Waals surface area contributed by atoms with Gasteiger partial charge in [-0.3, -0.25) is 10.0 Å². The summed E-state index contributed by atoms with van der Waals surface area (Å²) in [7, 11) is 1.21. The van der Waals surface area contributed by atoms with Gasteiger partial charge in [-0.25, -0.2) is 9.87 Å². The van der Waals surface area contributed by atoms with Crippen molar-refractivity contribution in [2.24, 2.45) is 10.3 Å². The average molecular weight is 373 g/mol. The predicted molar refractivity (Wildman–Crippen MR) is 98.1 cm³/mol. The summed E-state index contributed by atoms with van der Waals surface area (Å²) in [6, 6.07) is 11.9. The summed E-state index contributed by atoms with van der Waals surface area (Å²) in [5, 5.41) is 16.4. The number of aryl methyl sites for hydroxylation is 1. The van der Waals surface area contributed by atoms with Gasteiger partial charge in [0.25, 0.3) is 5.91 Å². The van der Waals surface area contributed by atoms with E-state index in [0.717, 1.165) is 17.2 Å². The molecule has 0 fully saturated rings. The minimum absolute atomic E-state index is 0.113. The van der Waals surface area contributed by atoms with Gasteiger partial charge in [-0.15, -0.1) is 0 Å². The summed E-state index contributed by atoms with van der Waals surface area (Å²) >= 11 is 0. The molecule has 0 unspecified atom stereocenters. The van der Waals surface area contributed by atoms with Crippen LogP contribution in [0.3, 0.4) is 0 Å². The van der Waals surface area contributed by atoms with Gasteiger partial charge in [0, 0.05) is 5.56 Å². The molecule has 1 amide bonds. The van der Waals surface area contributed by atoms with Crippen LogP contribution in [0.4, 0.5) is 4.39 Å². The molecule has 0 saturated carbocycles. The Bertz CT molecular complexity index is 881. The first-order valence-corrected chi connectivity index (χ1v) is 8.04. The van der Waals surface area contributed by atoms with Crippen molar-refractivity contribution in [3.63, 3.8) is 0 Å². The SMILES string of the molecule is CON=C(C(=O)NO)c1c(F)cccc1CON=C(C)c1cccc(C)c1. The number of hydrogen-bond donors (Lipinski definition) is 2. The van der Waals surface area contributed by atoms with Crippen LogP contribution in [0.15, 0.2) is 52.8 Å². The summed E-state index contributed by atoms with van der Waals surface area (Å²) < 4.78 is 14.3. The Balaban J connectivity index is 2.27. The van der Waals surface area contributed by atoms with E-state index in [1.165, 1.54) is 18.7 Å². The van der Waals surface area contributed by atoms with Crippen LogP contribution >= 0.6 is 0 Å². The van der Waals surface area contributed by atoms with E-state index in [0.29, 0.717) is 11.3 Å². The lowest BCUT2D eigenvalue weighted by Gasteiger charge is -2.11. The Morgan fingerprint density at radius 1 is 1.22 bits per heavy atom. The van der Waals surface area contributed by atoms with Crippen molar-refractivity contribution in [1.82, 2.24) is 5.48 Å². The quantitative estimate of drug-likeness (QED) is 0.443. The zero-order chi connectivity index (χ0) is 19.8. The Hall–Kier alpha value is -3.26. The number of carbonyl (C=O) groups excluding carboxylic acids is 1. The molecule has 2 aromatic rings. The number of benzene rings is 2. The minimum Gasteiger partial charge on any atom is -0.398 e. The number of halogens is 1. The van der Waals surface area contributed by atoms with E-state index in [-0.39, 0.29) is 12.2 Å². The van der Waals surface area contributed by atoms with Gasteiger partial charge in [0.05, 0.1) is 11.3 Å². The predicted octanol–water partition coefficient (Wildman–Crippen LogP) is 2.93. The van der Waals surface area contributed by atoms with Crippen molar-refractivity contribution >= 4 is 17.3 Å². The second kappa shape index (κ2) is 9.44. The van der Waals surface area contributed by atoms with Crippen LogP contribution in [0.1, 0.15) is 29.2 Å². The lowest BCUT2D eigenvalue weighted by Crippen LogP contribution is -2.30. The maximum atomic E-state index is 14.3. The van der Waals surface area contributed by atoms with Gasteiger partial charge in [0.1, 0.15) is 19.5 Å². The van der Waals surface area contributed by atoms with E-state index in [2.05, 4.69) is 15.1 Å². The van der Waals surface area contributed by atoms with Gasteiger partial charge in [-0.1, -0.05) is 52.3 Å². The highest BCUT2D eigenvalue weighted by molar-refractivity contribution is 6.45. The molecule has 0 aliphatic carbocycles. The molecule has 0 aromatic heterocycles. The summed E-state index contributed by atoms with van der Waals surface area (Å²) in [6.07, 6.45) is 0. The molecule has 0 aliphatic rings. The molecule has 27 heavy (non-hydrogen) atoms. The standard InChI is InChI=1S/C19H20FN3O4/c1-12-6-4-7-14(10-12)13(2)22-27-11-15-8-5-9-16(20)17(15)18(23-26-3)19(24)21-25/h4-10,25H,11H2,1-3H3,(H,21,24). The van der Waals surface area contributed by atoms with Gasteiger partial charge in [-0.05, 0) is 25.5 Å². The Morgan fingerprint density at radius 2 is 1.96 bits per heavy atom. The van der Waals surface area contributed by atoms with Crippen molar-refractivity contribution in [3.8, 4) is 0 Å². The third kappa shape index (κ3) is 5.11. The fraction of sp³-hybridized carbons (Fsp3) is 0.211. The fourth-order valence-electron chi connectivity index (χ4n) is 2.42. The highest BCUT2D eigenvalue weighted by Gasteiger charge is 2.22. The molecule has 0 aliphatic heterocycles. The Labute approximate surface area is 156 Å². The molecule has 2 rings (SSSR count). The lowest BCUT2D eigenvalue weighted by molar-refractivity contribution is -0.122. The van der Waals surface area contributed by atoms with Crippen LogP contribution in [-0.2, 0) is 21.1 Å². The van der Waals surface area contributed by atoms with Crippen molar-refractivity contribution in [2.45, 2.75) is 20.5 Å². The smallest absolute Gasteiger partial charge is 0.297 e. The molecular formula is C19H20FN3O4. The third-order valence-electron chi connectivity index (χ3n) is 3.69. The van der Waals surface area contributed by atoms with Crippen molar-refractivity contribution in [1.29, 1.82) is 0 Å². The maximum absolute atomic E-state index is 14.3. The first-order chi connectivity index (χ1) is 13.0. The molecule has 0 spiro atoms. The van der Waals surface area contributed by atoms with Gasteiger partial charge < -0.3 is 9.68 Å². The normalized spacial score (nSPS) is 11.9. The van der Waals surface area contributed by atoms with Gasteiger partial charge in [-0.2, -0.15) is 0 Å². The zero-order valence-electron chi connectivity index (χ0n) is 15.2. The summed E-state index contributed by atoms with van der Waals surface area (Å²) in [5.41, 5.74) is 3.81. The molecule has 0 radical (unpaired) electrons. The molecule has 8 heteroatoms. The highest BCUT2D eigenvalue weighted by Crippen LogP contribution is 2.17. The molecule has 142 valence electrons. The van der Waals surface area contributed by atoms with Crippen LogP contribution in [0.25, 0.3) is 0 Å². The number of rotatable bonds is 7. The van der Waals surface area contributed by atoms with Crippen LogP contribution in [0, 0.1) is 12.7 Å². The van der Waals surface area contributed by atoms with Crippen LogP contribution in [-0.4, -0.2) is 29.6 Å². The second-order valence-electron chi connectivity index (χ2n) is 5.66. The first kappa shape index (κ1) is 20.1. The topological polar surface area (TPSA) is 92.5 Å².